The number of hydrogen-bond acceptors (Lipinski definition) is 3. The van der Waals surface area contributed by atoms with E-state index in [0.29, 0.717) is 0 Å². The molecule has 0 heterocycles. The van der Waals surface area contributed by atoms with Crippen molar-refractivity contribution in [1.82, 2.24) is 0 Å². The number of rotatable bonds is 3. The van der Waals surface area contributed by atoms with Gasteiger partial charge in [0, 0.05) is 0 Å². The van der Waals surface area contributed by atoms with Gasteiger partial charge in [0.15, 0.2) is 0 Å². The van der Waals surface area contributed by atoms with Gasteiger partial charge in [0.2, 0.25) is 0 Å². The molecule has 3 nitrogen and oxygen atoms in total. The van der Waals surface area contributed by atoms with Gasteiger partial charge in [-0.2, -0.15) is 0 Å². The van der Waals surface area contributed by atoms with E-state index in [2.05, 4.69) is 4.74 Å². The Morgan fingerprint density at radius 1 is 1.80 bits per heavy atom. The molecule has 0 aliphatic heterocycles. The Balaban J connectivity index is 3.81. The van der Waals surface area contributed by atoms with Gasteiger partial charge >= 0.3 is 5.97 Å². The van der Waals surface area contributed by atoms with E-state index in [-0.39, 0.29) is 6.42 Å². The van der Waals surface area contributed by atoms with Crippen LogP contribution in [0.4, 0.5) is 4.39 Å². The molecule has 0 saturated carbocycles. The van der Waals surface area contributed by atoms with E-state index in [1.165, 1.54) is 7.11 Å². The Hall–Kier alpha value is -0.640. The summed E-state index contributed by atoms with van der Waals surface area (Å²) in [6, 6.07) is -1.13. The summed E-state index contributed by atoms with van der Waals surface area (Å²) in [5, 5.41) is 0. The molecule has 0 fully saturated rings. The quantitative estimate of drug-likeness (QED) is 0.584. The number of carbonyl (C=O) groups excluding carboxylic acids is 1. The predicted octanol–water partition coefficient (Wildman–Crippen LogP) is 0.235. The molecule has 0 spiro atoms. The lowest BCUT2D eigenvalue weighted by molar-refractivity contribution is -0.143. The van der Waals surface area contributed by atoms with E-state index in [1.54, 1.807) is 6.92 Å². The van der Waals surface area contributed by atoms with Crippen molar-refractivity contribution >= 4 is 5.97 Å². The second-order valence-electron chi connectivity index (χ2n) is 1.97. The number of ether oxygens (including phenoxy) is 1. The van der Waals surface area contributed by atoms with Gasteiger partial charge in [0.25, 0.3) is 0 Å². The molecule has 0 bridgehead atoms. The number of carbonyl (C=O) groups is 1. The van der Waals surface area contributed by atoms with Gasteiger partial charge in [0.1, 0.15) is 12.2 Å². The molecule has 2 N–H and O–H groups in total. The lowest BCUT2D eigenvalue weighted by Gasteiger charge is -2.11. The number of methoxy groups -OCH3 is 1. The average Bonchev–Trinajstić information content (AvgIpc) is 2.00. The van der Waals surface area contributed by atoms with E-state index < -0.39 is 18.2 Å². The Morgan fingerprint density at radius 2 is 2.30 bits per heavy atom. The van der Waals surface area contributed by atoms with Crippen molar-refractivity contribution in [2.75, 3.05) is 7.11 Å². The summed E-state index contributed by atoms with van der Waals surface area (Å²) < 4.78 is 16.8. The number of nitrogens with two attached hydrogens (primary N) is 1. The standard InChI is InChI=1S/C6H12FNO2/c1-3-4(7)5(8)6(9)10-2/h4-5H,3,8H2,1-2H3. The molecule has 0 aliphatic rings. The van der Waals surface area contributed by atoms with Crippen LogP contribution in [0.5, 0.6) is 0 Å². The fraction of sp³-hybridized carbons (Fsp3) is 0.833. The highest BCUT2D eigenvalue weighted by Crippen LogP contribution is 2.02. The molecule has 0 rings (SSSR count). The predicted molar refractivity (Wildman–Crippen MR) is 35.2 cm³/mol. The van der Waals surface area contributed by atoms with Crippen LogP contribution in [0.1, 0.15) is 13.3 Å². The zero-order valence-corrected chi connectivity index (χ0v) is 6.13. The topological polar surface area (TPSA) is 52.3 Å². The molecule has 0 amide bonds. The Morgan fingerprint density at radius 3 is 2.60 bits per heavy atom. The van der Waals surface area contributed by atoms with Crippen LogP contribution in [0.15, 0.2) is 0 Å². The summed E-state index contributed by atoms with van der Waals surface area (Å²) in [6.45, 7) is 1.62. The number of hydrogen-bond donors (Lipinski definition) is 1. The van der Waals surface area contributed by atoms with E-state index in [0.717, 1.165) is 0 Å². The van der Waals surface area contributed by atoms with E-state index in [1.807, 2.05) is 0 Å². The largest absolute Gasteiger partial charge is 0.468 e. The molecule has 10 heavy (non-hydrogen) atoms. The number of alkyl halides is 1. The summed E-state index contributed by atoms with van der Waals surface area (Å²) in [6.07, 6.45) is -1.07. The maximum absolute atomic E-state index is 12.5. The first kappa shape index (κ1) is 9.36. The number of halogens is 1. The molecule has 0 radical (unpaired) electrons. The molecule has 0 aliphatic carbocycles. The zero-order valence-electron chi connectivity index (χ0n) is 6.13. The summed E-state index contributed by atoms with van der Waals surface area (Å²) in [5.74, 6) is -0.700. The highest BCUT2D eigenvalue weighted by molar-refractivity contribution is 5.76. The minimum absolute atomic E-state index is 0.232. The first-order valence-corrected chi connectivity index (χ1v) is 3.11. The van der Waals surface area contributed by atoms with Gasteiger partial charge in [-0.15, -0.1) is 0 Å². The molecule has 0 aromatic carbocycles. The third kappa shape index (κ3) is 2.31. The molecular formula is C6H12FNO2. The first-order valence-electron chi connectivity index (χ1n) is 3.11. The van der Waals surface area contributed by atoms with Crippen LogP contribution in [-0.4, -0.2) is 25.3 Å². The molecule has 0 saturated heterocycles. The lowest BCUT2D eigenvalue weighted by Crippen LogP contribution is -2.39. The number of esters is 1. The van der Waals surface area contributed by atoms with Crippen molar-refractivity contribution in [3.63, 3.8) is 0 Å². The first-order chi connectivity index (χ1) is 4.63. The molecule has 4 heteroatoms. The average molecular weight is 149 g/mol. The van der Waals surface area contributed by atoms with Crippen molar-refractivity contribution in [2.24, 2.45) is 5.73 Å². The fourth-order valence-corrected chi connectivity index (χ4v) is 0.538. The van der Waals surface area contributed by atoms with Crippen LogP contribution < -0.4 is 5.73 Å². The summed E-state index contributed by atoms with van der Waals surface area (Å²) in [5.41, 5.74) is 5.13. The van der Waals surface area contributed by atoms with Crippen LogP contribution in [0.3, 0.4) is 0 Å². The second-order valence-corrected chi connectivity index (χ2v) is 1.97. The summed E-state index contributed by atoms with van der Waals surface area (Å²) >= 11 is 0. The third-order valence-electron chi connectivity index (χ3n) is 1.25. The van der Waals surface area contributed by atoms with Crippen molar-refractivity contribution in [2.45, 2.75) is 25.6 Å². The Labute approximate surface area is 59.3 Å². The highest BCUT2D eigenvalue weighted by Gasteiger charge is 2.22. The maximum atomic E-state index is 12.5. The second kappa shape index (κ2) is 4.22. The molecule has 0 aromatic heterocycles. The molecule has 0 aromatic rings. The van der Waals surface area contributed by atoms with Gasteiger partial charge < -0.3 is 10.5 Å². The Bertz CT molecular complexity index is 118. The van der Waals surface area contributed by atoms with Gasteiger partial charge in [-0.25, -0.2) is 4.39 Å². The Kier molecular flexibility index (Phi) is 3.95. The van der Waals surface area contributed by atoms with Gasteiger partial charge in [-0.1, -0.05) is 6.92 Å². The smallest absolute Gasteiger partial charge is 0.325 e. The summed E-state index contributed by atoms with van der Waals surface area (Å²) in [4.78, 5) is 10.5. The van der Waals surface area contributed by atoms with E-state index >= 15 is 0 Å². The molecular weight excluding hydrogens is 137 g/mol. The molecule has 2 atom stereocenters. The normalized spacial score (nSPS) is 16.0. The van der Waals surface area contributed by atoms with Gasteiger partial charge in [0.05, 0.1) is 7.11 Å². The maximum Gasteiger partial charge on any atom is 0.325 e. The van der Waals surface area contributed by atoms with Crippen molar-refractivity contribution in [3.8, 4) is 0 Å². The third-order valence-corrected chi connectivity index (χ3v) is 1.25. The highest BCUT2D eigenvalue weighted by atomic mass is 19.1. The van der Waals surface area contributed by atoms with Crippen LogP contribution >= 0.6 is 0 Å². The lowest BCUT2D eigenvalue weighted by atomic mass is 10.1. The van der Waals surface area contributed by atoms with Gasteiger partial charge in [-0.3, -0.25) is 4.79 Å². The summed E-state index contributed by atoms with van der Waals surface area (Å²) in [7, 11) is 1.19. The van der Waals surface area contributed by atoms with Gasteiger partial charge in [-0.05, 0) is 6.42 Å². The van der Waals surface area contributed by atoms with Crippen molar-refractivity contribution in [3.05, 3.63) is 0 Å². The van der Waals surface area contributed by atoms with Crippen LogP contribution in [0, 0.1) is 0 Å². The van der Waals surface area contributed by atoms with Crippen molar-refractivity contribution in [1.29, 1.82) is 0 Å². The van der Waals surface area contributed by atoms with Crippen LogP contribution in [0.25, 0.3) is 0 Å². The zero-order chi connectivity index (χ0) is 8.15. The monoisotopic (exact) mass is 149 g/mol. The molecule has 2 unspecified atom stereocenters. The van der Waals surface area contributed by atoms with E-state index in [4.69, 9.17) is 5.73 Å². The van der Waals surface area contributed by atoms with Crippen molar-refractivity contribution < 1.29 is 13.9 Å². The minimum Gasteiger partial charge on any atom is -0.468 e. The van der Waals surface area contributed by atoms with E-state index in [9.17, 15) is 9.18 Å². The minimum atomic E-state index is -1.30. The fourth-order valence-electron chi connectivity index (χ4n) is 0.538. The van der Waals surface area contributed by atoms with Crippen LogP contribution in [0.2, 0.25) is 0 Å². The van der Waals surface area contributed by atoms with Crippen LogP contribution in [-0.2, 0) is 9.53 Å². The SMILES string of the molecule is CCC(F)C(N)C(=O)OC. The molecule has 60 valence electrons.